The third kappa shape index (κ3) is 6.71. The van der Waals surface area contributed by atoms with Gasteiger partial charge in [0.25, 0.3) is 0 Å². The van der Waals surface area contributed by atoms with Crippen molar-refractivity contribution >= 4 is 41.5 Å². The maximum absolute atomic E-state index is 13.1. The summed E-state index contributed by atoms with van der Waals surface area (Å²) in [5.74, 6) is -0.173. The van der Waals surface area contributed by atoms with Crippen molar-refractivity contribution in [3.8, 4) is 5.75 Å². The predicted octanol–water partition coefficient (Wildman–Crippen LogP) is 2.19. The Morgan fingerprint density at radius 3 is 2.39 bits per heavy atom. The van der Waals surface area contributed by atoms with Crippen LogP contribution in [0.25, 0.3) is 0 Å². The summed E-state index contributed by atoms with van der Waals surface area (Å²) in [6, 6.07) is 13.4. The molecule has 1 aliphatic rings. The van der Waals surface area contributed by atoms with Gasteiger partial charge < -0.3 is 26.0 Å². The van der Waals surface area contributed by atoms with Crippen LogP contribution in [0.1, 0.15) is 5.56 Å². The first kappa shape index (κ1) is 24.7. The third-order valence-electron chi connectivity index (χ3n) is 5.32. The Balaban J connectivity index is 0.00000341. The van der Waals surface area contributed by atoms with Gasteiger partial charge in [0.2, 0.25) is 5.91 Å². The topological polar surface area (TPSA) is 94.2 Å². The number of carbonyl (C=O) groups excluding carboxylic acids is 1. The minimum absolute atomic E-state index is 0. The number of aromatic hydroxyl groups is 1. The Morgan fingerprint density at radius 2 is 1.81 bits per heavy atom. The van der Waals surface area contributed by atoms with Crippen LogP contribution in [0.2, 0.25) is 0 Å². The van der Waals surface area contributed by atoms with Crippen molar-refractivity contribution in [1.29, 1.82) is 0 Å². The highest BCUT2D eigenvalue weighted by atomic mass is 127. The van der Waals surface area contributed by atoms with E-state index in [1.807, 2.05) is 18.2 Å². The average molecular weight is 541 g/mol. The van der Waals surface area contributed by atoms with E-state index in [0.29, 0.717) is 18.9 Å². The van der Waals surface area contributed by atoms with Gasteiger partial charge in [0.1, 0.15) is 11.6 Å². The number of nitrogens with one attached hydrogen (secondary N) is 1. The van der Waals surface area contributed by atoms with Crippen LogP contribution in [-0.4, -0.2) is 61.6 Å². The molecule has 0 radical (unpaired) electrons. The van der Waals surface area contributed by atoms with Gasteiger partial charge in [0.05, 0.1) is 11.6 Å². The molecule has 4 N–H and O–H groups in total. The van der Waals surface area contributed by atoms with Gasteiger partial charge in [-0.1, -0.05) is 24.3 Å². The largest absolute Gasteiger partial charge is 0.506 e. The van der Waals surface area contributed by atoms with E-state index in [1.54, 1.807) is 25.2 Å². The number of phenolic OH excluding ortho intramolecular Hbond substituents is 1. The molecule has 31 heavy (non-hydrogen) atoms. The maximum Gasteiger partial charge on any atom is 0.222 e. The molecule has 0 aromatic heterocycles. The third-order valence-corrected chi connectivity index (χ3v) is 5.32. The zero-order chi connectivity index (χ0) is 21.5. The first-order valence-corrected chi connectivity index (χ1v) is 10.00. The van der Waals surface area contributed by atoms with Gasteiger partial charge in [0, 0.05) is 39.8 Å². The molecule has 1 unspecified atom stereocenters. The second kappa shape index (κ2) is 11.7. The van der Waals surface area contributed by atoms with Crippen LogP contribution < -0.4 is 16.0 Å². The molecular weight excluding hydrogens is 512 g/mol. The van der Waals surface area contributed by atoms with E-state index in [4.69, 9.17) is 5.73 Å². The number of phenols is 1. The monoisotopic (exact) mass is 541 g/mol. The molecule has 1 atom stereocenters. The summed E-state index contributed by atoms with van der Waals surface area (Å²) in [7, 11) is 1.71. The number of carbonyl (C=O) groups is 1. The highest BCUT2D eigenvalue weighted by Gasteiger charge is 2.23. The number of anilines is 1. The number of para-hydroxylation sites is 2. The summed E-state index contributed by atoms with van der Waals surface area (Å²) in [4.78, 5) is 20.5. The van der Waals surface area contributed by atoms with Crippen molar-refractivity contribution in [1.82, 2.24) is 10.2 Å². The van der Waals surface area contributed by atoms with Gasteiger partial charge in [-0.3, -0.25) is 9.79 Å². The summed E-state index contributed by atoms with van der Waals surface area (Å²) in [5.41, 5.74) is 7.26. The highest BCUT2D eigenvalue weighted by molar-refractivity contribution is 14.0. The summed E-state index contributed by atoms with van der Waals surface area (Å²) < 4.78 is 13.1. The number of nitrogens with two attached hydrogens (primary N) is 1. The number of guanidine groups is 1. The van der Waals surface area contributed by atoms with Crippen molar-refractivity contribution in [2.45, 2.75) is 6.42 Å². The number of hydrogen-bond acceptors (Lipinski definition) is 4. The molecule has 0 saturated carbocycles. The molecule has 0 aliphatic carbocycles. The number of benzene rings is 2. The molecule has 1 amide bonds. The molecule has 9 heteroatoms. The van der Waals surface area contributed by atoms with Crippen molar-refractivity contribution < 1.29 is 14.3 Å². The Morgan fingerprint density at radius 1 is 1.16 bits per heavy atom. The van der Waals surface area contributed by atoms with E-state index in [-0.39, 0.29) is 35.5 Å². The Bertz CT molecular complexity index is 886. The van der Waals surface area contributed by atoms with Crippen LogP contribution in [0, 0.1) is 11.7 Å². The Kier molecular flexibility index (Phi) is 9.35. The van der Waals surface area contributed by atoms with E-state index in [9.17, 15) is 14.3 Å². The quantitative estimate of drug-likeness (QED) is 0.296. The number of nitrogens with zero attached hydrogens (tertiary/aromatic N) is 3. The van der Waals surface area contributed by atoms with E-state index in [1.165, 1.54) is 12.1 Å². The number of rotatable bonds is 6. The molecule has 2 aromatic rings. The van der Waals surface area contributed by atoms with E-state index < -0.39 is 11.8 Å². The molecule has 0 spiro atoms. The zero-order valence-electron chi connectivity index (χ0n) is 17.5. The van der Waals surface area contributed by atoms with Gasteiger partial charge in [-0.2, -0.15) is 0 Å². The number of halogens is 2. The van der Waals surface area contributed by atoms with Crippen molar-refractivity contribution in [2.75, 3.05) is 44.7 Å². The Hall–Kier alpha value is -2.56. The summed E-state index contributed by atoms with van der Waals surface area (Å²) in [6.45, 7) is 3.29. The number of aliphatic imine (C=N–C) groups is 1. The van der Waals surface area contributed by atoms with Gasteiger partial charge in [-0.15, -0.1) is 24.0 Å². The molecule has 2 aromatic carbocycles. The molecule has 1 heterocycles. The SMILES string of the molecule is CN=C(NCC(Cc1ccc(F)cc1)C(N)=O)N1CCN(c2ccccc2O)CC1.I. The number of piperazine rings is 1. The predicted molar refractivity (Wildman–Crippen MR) is 131 cm³/mol. The lowest BCUT2D eigenvalue weighted by Gasteiger charge is -2.38. The molecule has 1 saturated heterocycles. The van der Waals surface area contributed by atoms with Gasteiger partial charge >= 0.3 is 0 Å². The second-order valence-electron chi connectivity index (χ2n) is 7.32. The lowest BCUT2D eigenvalue weighted by Crippen LogP contribution is -2.53. The minimum Gasteiger partial charge on any atom is -0.506 e. The molecular formula is C22H29FIN5O2. The first-order valence-electron chi connectivity index (χ1n) is 10.00. The number of primary amides is 1. The van der Waals surface area contributed by atoms with Crippen LogP contribution >= 0.6 is 24.0 Å². The van der Waals surface area contributed by atoms with Crippen LogP contribution in [0.4, 0.5) is 10.1 Å². The van der Waals surface area contributed by atoms with Crippen molar-refractivity contribution in [3.63, 3.8) is 0 Å². The molecule has 3 rings (SSSR count). The van der Waals surface area contributed by atoms with E-state index in [2.05, 4.69) is 20.1 Å². The van der Waals surface area contributed by atoms with E-state index >= 15 is 0 Å². The van der Waals surface area contributed by atoms with E-state index in [0.717, 1.165) is 37.4 Å². The van der Waals surface area contributed by atoms with Gasteiger partial charge in [-0.05, 0) is 36.2 Å². The summed E-state index contributed by atoms with van der Waals surface area (Å²) >= 11 is 0. The Labute approximate surface area is 199 Å². The normalized spacial score (nSPS) is 15.2. The summed E-state index contributed by atoms with van der Waals surface area (Å²) in [6.07, 6.45) is 0.431. The van der Waals surface area contributed by atoms with Gasteiger partial charge in [0.15, 0.2) is 5.96 Å². The molecule has 7 nitrogen and oxygen atoms in total. The van der Waals surface area contributed by atoms with Crippen LogP contribution in [-0.2, 0) is 11.2 Å². The lowest BCUT2D eigenvalue weighted by molar-refractivity contribution is -0.121. The van der Waals surface area contributed by atoms with Crippen molar-refractivity contribution in [2.24, 2.45) is 16.6 Å². The molecule has 168 valence electrons. The number of amides is 1. The molecule has 1 aliphatic heterocycles. The van der Waals surface area contributed by atoms with Crippen molar-refractivity contribution in [3.05, 3.63) is 59.9 Å². The molecule has 0 bridgehead atoms. The van der Waals surface area contributed by atoms with Crippen LogP contribution in [0.15, 0.2) is 53.5 Å². The molecule has 1 fully saturated rings. The second-order valence-corrected chi connectivity index (χ2v) is 7.32. The lowest BCUT2D eigenvalue weighted by atomic mass is 9.98. The smallest absolute Gasteiger partial charge is 0.222 e. The fourth-order valence-electron chi connectivity index (χ4n) is 3.62. The maximum atomic E-state index is 13.1. The van der Waals surface area contributed by atoms with Crippen LogP contribution in [0.3, 0.4) is 0 Å². The standard InChI is InChI=1S/C22H28FN5O2.HI/c1-25-22(26-15-17(21(24)30)14-16-6-8-18(23)9-7-16)28-12-10-27(11-13-28)19-4-2-3-5-20(19)29;/h2-9,17,29H,10-15H2,1H3,(H2,24,30)(H,25,26);1H. The van der Waals surface area contributed by atoms with Crippen LogP contribution in [0.5, 0.6) is 5.75 Å². The highest BCUT2D eigenvalue weighted by Crippen LogP contribution is 2.27. The summed E-state index contributed by atoms with van der Waals surface area (Å²) in [5, 5.41) is 13.3. The fourth-order valence-corrected chi connectivity index (χ4v) is 3.62. The van der Waals surface area contributed by atoms with Gasteiger partial charge in [-0.25, -0.2) is 4.39 Å². The zero-order valence-corrected chi connectivity index (χ0v) is 19.8. The number of hydrogen-bond donors (Lipinski definition) is 3. The first-order chi connectivity index (χ1) is 14.5. The average Bonchev–Trinajstić information content (AvgIpc) is 2.75. The minimum atomic E-state index is -0.435. The fraction of sp³-hybridized carbons (Fsp3) is 0.364.